The van der Waals surface area contributed by atoms with Crippen LogP contribution in [0.25, 0.3) is 0 Å². The predicted molar refractivity (Wildman–Crippen MR) is 77.8 cm³/mol. The molecule has 18 heavy (non-hydrogen) atoms. The average Bonchev–Trinajstić information content (AvgIpc) is 2.71. The monoisotopic (exact) mass is 375 g/mol. The highest BCUT2D eigenvalue weighted by atomic mass is 79.9. The molecule has 0 bridgehead atoms. The molecule has 1 aliphatic heterocycles. The minimum Gasteiger partial charge on any atom is -0.481 e. The molecule has 1 aliphatic rings. The predicted octanol–water partition coefficient (Wildman–Crippen LogP) is 3.33. The van der Waals surface area contributed by atoms with Crippen LogP contribution in [-0.2, 0) is 4.79 Å². The molecule has 1 aromatic rings. The molecule has 1 N–H and O–H groups in total. The molecule has 2 unspecified atom stereocenters. The number of rotatable bonds is 3. The molecule has 0 spiro atoms. The van der Waals surface area contributed by atoms with Gasteiger partial charge in [0.15, 0.2) is 0 Å². The summed E-state index contributed by atoms with van der Waals surface area (Å²) in [6.07, 6.45) is 0. The number of hydrogen-bond donors (Lipinski definition) is 1. The van der Waals surface area contributed by atoms with Gasteiger partial charge in [-0.2, -0.15) is 0 Å². The number of nitrogens with zero attached hydrogens (tertiary/aromatic N) is 1. The Morgan fingerprint density at radius 1 is 1.33 bits per heavy atom. The van der Waals surface area contributed by atoms with Crippen LogP contribution in [0.2, 0.25) is 0 Å². The lowest BCUT2D eigenvalue weighted by molar-refractivity contribution is -0.141. The second kappa shape index (κ2) is 5.72. The molecule has 0 aliphatic carbocycles. The van der Waals surface area contributed by atoms with Crippen molar-refractivity contribution in [3.05, 3.63) is 32.7 Å². The molecule has 0 amide bonds. The summed E-state index contributed by atoms with van der Waals surface area (Å²) >= 11 is 6.92. The van der Waals surface area contributed by atoms with Gasteiger partial charge in [-0.05, 0) is 30.3 Å². The maximum atomic E-state index is 11.4. The molecule has 98 valence electrons. The van der Waals surface area contributed by atoms with Crippen molar-refractivity contribution in [3.63, 3.8) is 0 Å². The first-order chi connectivity index (χ1) is 8.51. The summed E-state index contributed by atoms with van der Waals surface area (Å²) in [5.74, 6) is -0.950. The Kier molecular flexibility index (Phi) is 4.45. The molecule has 3 nitrogen and oxygen atoms in total. The lowest BCUT2D eigenvalue weighted by atomic mass is 9.89. The molecular formula is C13H15Br2NO2. The van der Waals surface area contributed by atoms with Gasteiger partial charge in [-0.25, -0.2) is 0 Å². The fraction of sp³-hybridized carbons (Fsp3) is 0.462. The van der Waals surface area contributed by atoms with Gasteiger partial charge in [0.1, 0.15) is 0 Å². The zero-order chi connectivity index (χ0) is 13.3. The Bertz CT molecular complexity index is 444. The van der Waals surface area contributed by atoms with E-state index in [-0.39, 0.29) is 11.8 Å². The van der Waals surface area contributed by atoms with Crippen LogP contribution in [0.3, 0.4) is 0 Å². The number of carboxylic acids is 1. The summed E-state index contributed by atoms with van der Waals surface area (Å²) in [6.45, 7) is 4.42. The number of benzene rings is 1. The maximum Gasteiger partial charge on any atom is 0.308 e. The van der Waals surface area contributed by atoms with Crippen LogP contribution < -0.4 is 0 Å². The van der Waals surface area contributed by atoms with Crippen LogP contribution in [0, 0.1) is 5.92 Å². The molecule has 1 aromatic carbocycles. The van der Waals surface area contributed by atoms with E-state index in [1.54, 1.807) is 0 Å². The topological polar surface area (TPSA) is 40.5 Å². The Hall–Kier alpha value is -0.390. The number of halogens is 2. The van der Waals surface area contributed by atoms with Crippen molar-refractivity contribution in [2.24, 2.45) is 5.92 Å². The van der Waals surface area contributed by atoms with Gasteiger partial charge in [0.2, 0.25) is 0 Å². The molecule has 0 radical (unpaired) electrons. The van der Waals surface area contributed by atoms with Crippen LogP contribution in [0.1, 0.15) is 18.4 Å². The van der Waals surface area contributed by atoms with Crippen LogP contribution in [0.4, 0.5) is 0 Å². The Balaban J connectivity index is 2.32. The number of likely N-dealkylation sites (tertiary alicyclic amines) is 1. The number of carboxylic acid groups (broad SMARTS) is 1. The number of hydrogen-bond acceptors (Lipinski definition) is 2. The van der Waals surface area contributed by atoms with E-state index in [1.807, 2.05) is 18.2 Å². The van der Waals surface area contributed by atoms with Gasteiger partial charge in [0.05, 0.1) is 5.92 Å². The average molecular weight is 377 g/mol. The highest BCUT2D eigenvalue weighted by molar-refractivity contribution is 9.11. The fourth-order valence-corrected chi connectivity index (χ4v) is 3.85. The zero-order valence-electron chi connectivity index (χ0n) is 10.1. The molecule has 2 rings (SSSR count). The molecule has 5 heteroatoms. The number of carbonyl (C=O) groups is 1. The van der Waals surface area contributed by atoms with Gasteiger partial charge in [-0.15, -0.1) is 0 Å². The molecule has 0 saturated carbocycles. The van der Waals surface area contributed by atoms with Crippen molar-refractivity contribution in [2.45, 2.75) is 12.8 Å². The minimum absolute atomic E-state index is 0.0660. The van der Waals surface area contributed by atoms with E-state index >= 15 is 0 Å². The third-order valence-electron chi connectivity index (χ3n) is 3.47. The van der Waals surface area contributed by atoms with Crippen LogP contribution >= 0.6 is 31.9 Å². The Labute approximate surface area is 123 Å². The maximum absolute atomic E-state index is 11.4. The SMILES string of the molecule is CCN1CC(C(=O)O)C(c2cc(Br)cc(Br)c2)C1. The first-order valence-electron chi connectivity index (χ1n) is 5.92. The lowest BCUT2D eigenvalue weighted by Gasteiger charge is -2.16. The summed E-state index contributed by atoms with van der Waals surface area (Å²) in [5, 5.41) is 9.35. The van der Waals surface area contributed by atoms with Gasteiger partial charge >= 0.3 is 5.97 Å². The van der Waals surface area contributed by atoms with Gasteiger partial charge in [-0.3, -0.25) is 4.79 Å². The van der Waals surface area contributed by atoms with Crippen molar-refractivity contribution >= 4 is 37.8 Å². The first-order valence-corrected chi connectivity index (χ1v) is 7.51. The van der Waals surface area contributed by atoms with E-state index in [4.69, 9.17) is 0 Å². The van der Waals surface area contributed by atoms with E-state index in [2.05, 4.69) is 43.7 Å². The summed E-state index contributed by atoms with van der Waals surface area (Å²) in [7, 11) is 0. The summed E-state index contributed by atoms with van der Waals surface area (Å²) in [6, 6.07) is 6.00. The third kappa shape index (κ3) is 2.95. The lowest BCUT2D eigenvalue weighted by Crippen LogP contribution is -2.23. The molecular weight excluding hydrogens is 362 g/mol. The van der Waals surface area contributed by atoms with E-state index in [1.165, 1.54) is 0 Å². The summed E-state index contributed by atoms with van der Waals surface area (Å²) < 4.78 is 1.96. The van der Waals surface area contributed by atoms with Gasteiger partial charge < -0.3 is 10.0 Å². The smallest absolute Gasteiger partial charge is 0.308 e. The second-order valence-electron chi connectivity index (χ2n) is 4.61. The van der Waals surface area contributed by atoms with E-state index in [9.17, 15) is 9.90 Å². The van der Waals surface area contributed by atoms with Crippen molar-refractivity contribution in [1.82, 2.24) is 4.90 Å². The van der Waals surface area contributed by atoms with Gasteiger partial charge in [0.25, 0.3) is 0 Å². The minimum atomic E-state index is -0.702. The molecule has 1 saturated heterocycles. The largest absolute Gasteiger partial charge is 0.481 e. The van der Waals surface area contributed by atoms with Crippen molar-refractivity contribution < 1.29 is 9.90 Å². The first kappa shape index (κ1) is 14.0. The van der Waals surface area contributed by atoms with E-state index in [0.717, 1.165) is 27.6 Å². The quantitative estimate of drug-likeness (QED) is 0.879. The summed E-state index contributed by atoms with van der Waals surface area (Å²) in [4.78, 5) is 13.6. The third-order valence-corrected chi connectivity index (χ3v) is 4.39. The normalized spacial score (nSPS) is 24.4. The Morgan fingerprint density at radius 2 is 1.94 bits per heavy atom. The Morgan fingerprint density at radius 3 is 2.44 bits per heavy atom. The van der Waals surface area contributed by atoms with E-state index in [0.29, 0.717) is 6.54 Å². The van der Waals surface area contributed by atoms with E-state index < -0.39 is 5.97 Å². The highest BCUT2D eigenvalue weighted by Crippen LogP contribution is 2.35. The highest BCUT2D eigenvalue weighted by Gasteiger charge is 2.37. The van der Waals surface area contributed by atoms with Crippen molar-refractivity contribution in [1.29, 1.82) is 0 Å². The van der Waals surface area contributed by atoms with Gasteiger partial charge in [0, 0.05) is 28.0 Å². The second-order valence-corrected chi connectivity index (χ2v) is 6.44. The standard InChI is InChI=1S/C13H15Br2NO2/c1-2-16-6-11(12(7-16)13(17)18)8-3-9(14)5-10(15)4-8/h3-5,11-12H,2,6-7H2,1H3,(H,17,18). The van der Waals surface area contributed by atoms with Crippen molar-refractivity contribution in [3.8, 4) is 0 Å². The van der Waals surface area contributed by atoms with Gasteiger partial charge in [-0.1, -0.05) is 38.8 Å². The number of aliphatic carboxylic acids is 1. The molecule has 1 heterocycles. The molecule has 1 fully saturated rings. The van der Waals surface area contributed by atoms with Crippen molar-refractivity contribution in [2.75, 3.05) is 19.6 Å². The molecule has 2 atom stereocenters. The number of likely N-dealkylation sites (N-methyl/N-ethyl adjacent to an activating group) is 1. The van der Waals surface area contributed by atoms with Crippen LogP contribution in [0.15, 0.2) is 27.1 Å². The van der Waals surface area contributed by atoms with Crippen LogP contribution in [-0.4, -0.2) is 35.6 Å². The zero-order valence-corrected chi connectivity index (χ0v) is 13.2. The van der Waals surface area contributed by atoms with Crippen LogP contribution in [0.5, 0.6) is 0 Å². The fourth-order valence-electron chi connectivity index (χ4n) is 2.52. The summed E-state index contributed by atoms with van der Waals surface area (Å²) in [5.41, 5.74) is 1.08. The molecule has 0 aromatic heterocycles.